The number of carbonyl (C=O) groups excluding carboxylic acids is 3. The van der Waals surface area contributed by atoms with Crippen molar-refractivity contribution in [3.05, 3.63) is 64.7 Å². The molecule has 0 aliphatic carbocycles. The highest BCUT2D eigenvalue weighted by molar-refractivity contribution is 7.15. The molecule has 9 heteroatoms. The number of nitrogens with one attached hydrogen (secondary N) is 2. The van der Waals surface area contributed by atoms with Crippen LogP contribution in [-0.4, -0.2) is 34.5 Å². The summed E-state index contributed by atoms with van der Waals surface area (Å²) in [5.41, 5.74) is 3.18. The monoisotopic (exact) mass is 477 g/mol. The van der Waals surface area contributed by atoms with Gasteiger partial charge in [0.05, 0.1) is 0 Å². The average molecular weight is 478 g/mol. The van der Waals surface area contributed by atoms with Crippen LogP contribution in [0.3, 0.4) is 0 Å². The van der Waals surface area contributed by atoms with Gasteiger partial charge in [-0.1, -0.05) is 43.4 Å². The highest BCUT2D eigenvalue weighted by atomic mass is 32.1. The molecule has 3 aromatic rings. The van der Waals surface area contributed by atoms with Crippen LogP contribution in [0.25, 0.3) is 0 Å². The van der Waals surface area contributed by atoms with Crippen molar-refractivity contribution in [2.24, 2.45) is 0 Å². The molecule has 1 atom stereocenters. The van der Waals surface area contributed by atoms with E-state index in [2.05, 4.69) is 27.8 Å². The number of para-hydroxylation sites is 1. The van der Waals surface area contributed by atoms with Gasteiger partial charge in [-0.25, -0.2) is 0 Å². The summed E-state index contributed by atoms with van der Waals surface area (Å²) in [4.78, 5) is 38.9. The Bertz CT molecular complexity index is 1190. The standard InChI is InChI=1S/C25H27N5O3S/c1-3-7-21(31)26-19-12-10-17(11-13-19)23(33)27-25-29-28-24(34-25)18-14-22(32)30(15-18)20-9-6-5-8-16(20)4-2/h5-6,8-13,18H,3-4,7,14-15H2,1-2H3,(H,26,31)(H,27,29,33)/t18-/m0/s1. The van der Waals surface area contributed by atoms with Gasteiger partial charge in [0.1, 0.15) is 5.01 Å². The fourth-order valence-electron chi connectivity index (χ4n) is 3.95. The number of rotatable bonds is 8. The number of benzene rings is 2. The Balaban J connectivity index is 1.38. The van der Waals surface area contributed by atoms with Gasteiger partial charge in [-0.05, 0) is 48.7 Å². The summed E-state index contributed by atoms with van der Waals surface area (Å²) in [6.45, 7) is 4.56. The zero-order valence-electron chi connectivity index (χ0n) is 19.2. The maximum Gasteiger partial charge on any atom is 0.257 e. The smallest absolute Gasteiger partial charge is 0.257 e. The fourth-order valence-corrected chi connectivity index (χ4v) is 4.78. The minimum Gasteiger partial charge on any atom is -0.326 e. The SMILES string of the molecule is CCCC(=O)Nc1ccc(C(=O)Nc2nnc([C@H]3CC(=O)N(c4ccccc4CC)C3)s2)cc1. The summed E-state index contributed by atoms with van der Waals surface area (Å²) in [7, 11) is 0. The summed E-state index contributed by atoms with van der Waals surface area (Å²) >= 11 is 1.29. The Kier molecular flexibility index (Phi) is 7.32. The third-order valence-corrected chi connectivity index (χ3v) is 6.71. The average Bonchev–Trinajstić information content (AvgIpc) is 3.46. The summed E-state index contributed by atoms with van der Waals surface area (Å²) in [5, 5.41) is 15.0. The first-order valence-corrected chi connectivity index (χ1v) is 12.2. The topological polar surface area (TPSA) is 104 Å². The predicted molar refractivity (Wildman–Crippen MR) is 133 cm³/mol. The molecule has 0 unspecified atom stereocenters. The highest BCUT2D eigenvalue weighted by Gasteiger charge is 2.34. The Labute approximate surface area is 202 Å². The molecule has 1 aliphatic rings. The van der Waals surface area contributed by atoms with Crippen molar-refractivity contribution in [1.82, 2.24) is 10.2 Å². The molecule has 8 nitrogen and oxygen atoms in total. The zero-order chi connectivity index (χ0) is 24.1. The lowest BCUT2D eigenvalue weighted by Crippen LogP contribution is -2.25. The Morgan fingerprint density at radius 2 is 1.82 bits per heavy atom. The molecule has 1 aromatic heterocycles. The quantitative estimate of drug-likeness (QED) is 0.493. The van der Waals surface area contributed by atoms with Crippen LogP contribution in [0.15, 0.2) is 48.5 Å². The summed E-state index contributed by atoms with van der Waals surface area (Å²) in [6, 6.07) is 14.6. The van der Waals surface area contributed by atoms with Gasteiger partial charge in [0, 0.05) is 42.2 Å². The van der Waals surface area contributed by atoms with Gasteiger partial charge in [0.15, 0.2) is 0 Å². The minimum atomic E-state index is -0.310. The van der Waals surface area contributed by atoms with E-state index in [-0.39, 0.29) is 23.6 Å². The number of anilines is 3. The number of aromatic nitrogens is 2. The highest BCUT2D eigenvalue weighted by Crippen LogP contribution is 2.35. The van der Waals surface area contributed by atoms with Crippen LogP contribution < -0.4 is 15.5 Å². The van der Waals surface area contributed by atoms with E-state index < -0.39 is 0 Å². The fraction of sp³-hybridized carbons (Fsp3) is 0.320. The second kappa shape index (κ2) is 10.6. The van der Waals surface area contributed by atoms with E-state index in [4.69, 9.17) is 0 Å². The third kappa shape index (κ3) is 5.31. The summed E-state index contributed by atoms with van der Waals surface area (Å²) < 4.78 is 0. The first-order chi connectivity index (χ1) is 16.5. The second-order valence-electron chi connectivity index (χ2n) is 8.16. The van der Waals surface area contributed by atoms with Crippen molar-refractivity contribution in [1.29, 1.82) is 0 Å². The van der Waals surface area contributed by atoms with Gasteiger partial charge in [0.2, 0.25) is 16.9 Å². The van der Waals surface area contributed by atoms with Gasteiger partial charge < -0.3 is 10.2 Å². The van der Waals surface area contributed by atoms with E-state index in [9.17, 15) is 14.4 Å². The molecule has 1 fully saturated rings. The maximum absolute atomic E-state index is 12.7. The lowest BCUT2D eigenvalue weighted by atomic mass is 10.1. The van der Waals surface area contributed by atoms with Gasteiger partial charge in [-0.2, -0.15) is 0 Å². The number of hydrogen-bond donors (Lipinski definition) is 2. The Morgan fingerprint density at radius 1 is 1.06 bits per heavy atom. The van der Waals surface area contributed by atoms with E-state index in [1.54, 1.807) is 24.3 Å². The molecule has 0 saturated carbocycles. The molecule has 1 saturated heterocycles. The van der Waals surface area contributed by atoms with E-state index in [1.165, 1.54) is 11.3 Å². The number of aryl methyl sites for hydroxylation is 1. The van der Waals surface area contributed by atoms with Gasteiger partial charge in [-0.15, -0.1) is 10.2 Å². The molecule has 2 N–H and O–H groups in total. The largest absolute Gasteiger partial charge is 0.326 e. The Morgan fingerprint density at radius 3 is 2.56 bits per heavy atom. The lowest BCUT2D eigenvalue weighted by Gasteiger charge is -2.19. The molecule has 0 radical (unpaired) electrons. The first-order valence-electron chi connectivity index (χ1n) is 11.4. The van der Waals surface area contributed by atoms with Crippen LogP contribution in [0, 0.1) is 0 Å². The van der Waals surface area contributed by atoms with Crippen molar-refractivity contribution in [2.45, 2.75) is 45.4 Å². The first kappa shape index (κ1) is 23.6. The van der Waals surface area contributed by atoms with Crippen LogP contribution in [0.1, 0.15) is 60.0 Å². The van der Waals surface area contributed by atoms with Crippen molar-refractivity contribution >= 4 is 45.6 Å². The number of amides is 3. The van der Waals surface area contributed by atoms with Crippen molar-refractivity contribution < 1.29 is 14.4 Å². The van der Waals surface area contributed by atoms with Crippen molar-refractivity contribution in [3.63, 3.8) is 0 Å². The number of hydrogen-bond acceptors (Lipinski definition) is 6. The lowest BCUT2D eigenvalue weighted by molar-refractivity contribution is -0.117. The van der Waals surface area contributed by atoms with Crippen LogP contribution in [0.4, 0.5) is 16.5 Å². The molecule has 2 aromatic carbocycles. The molecule has 4 rings (SSSR count). The van der Waals surface area contributed by atoms with Gasteiger partial charge in [0.25, 0.3) is 5.91 Å². The van der Waals surface area contributed by atoms with Crippen LogP contribution in [-0.2, 0) is 16.0 Å². The predicted octanol–water partition coefficient (Wildman–Crippen LogP) is 4.61. The second-order valence-corrected chi connectivity index (χ2v) is 9.17. The Hall–Kier alpha value is -3.59. The molecule has 0 bridgehead atoms. The number of carbonyl (C=O) groups is 3. The normalized spacial score (nSPS) is 15.4. The minimum absolute atomic E-state index is 0.0526. The van der Waals surface area contributed by atoms with Gasteiger partial charge >= 0.3 is 0 Å². The van der Waals surface area contributed by atoms with E-state index in [1.807, 2.05) is 36.1 Å². The zero-order valence-corrected chi connectivity index (χ0v) is 20.0. The van der Waals surface area contributed by atoms with E-state index in [0.29, 0.717) is 35.8 Å². The van der Waals surface area contributed by atoms with Crippen molar-refractivity contribution in [3.8, 4) is 0 Å². The molecule has 34 heavy (non-hydrogen) atoms. The van der Waals surface area contributed by atoms with Gasteiger partial charge in [-0.3, -0.25) is 19.7 Å². The van der Waals surface area contributed by atoms with Crippen molar-refractivity contribution in [2.75, 3.05) is 22.1 Å². The van der Waals surface area contributed by atoms with E-state index in [0.717, 1.165) is 29.1 Å². The molecule has 1 aliphatic heterocycles. The van der Waals surface area contributed by atoms with Crippen LogP contribution >= 0.6 is 11.3 Å². The number of nitrogens with zero attached hydrogens (tertiary/aromatic N) is 3. The van der Waals surface area contributed by atoms with E-state index >= 15 is 0 Å². The molecule has 0 spiro atoms. The molecule has 3 amide bonds. The molecule has 176 valence electrons. The summed E-state index contributed by atoms with van der Waals surface area (Å²) in [5.74, 6) is -0.359. The molecule has 2 heterocycles. The molecular formula is C25H27N5O3S. The maximum atomic E-state index is 12.7. The molecular weight excluding hydrogens is 450 g/mol. The third-order valence-electron chi connectivity index (χ3n) is 5.71. The van der Waals surface area contributed by atoms with Crippen LogP contribution in [0.5, 0.6) is 0 Å². The van der Waals surface area contributed by atoms with Crippen LogP contribution in [0.2, 0.25) is 0 Å². The summed E-state index contributed by atoms with van der Waals surface area (Å²) in [6.07, 6.45) is 2.45.